The van der Waals surface area contributed by atoms with Crippen LogP contribution in [0.5, 0.6) is 0 Å². The Labute approximate surface area is 142 Å². The monoisotopic (exact) mass is 335 g/mol. The van der Waals surface area contributed by atoms with Gasteiger partial charge in [0.05, 0.1) is 5.60 Å². The maximum absolute atomic E-state index is 12.1. The molecule has 2 heterocycles. The lowest BCUT2D eigenvalue weighted by Gasteiger charge is -2.38. The summed E-state index contributed by atoms with van der Waals surface area (Å²) in [6, 6.07) is 3.30. The molecule has 1 aromatic heterocycles. The van der Waals surface area contributed by atoms with Gasteiger partial charge in [0, 0.05) is 31.9 Å². The summed E-state index contributed by atoms with van der Waals surface area (Å²) in [5.74, 6) is -0.270. The number of aliphatic hydroxyl groups is 1. The van der Waals surface area contributed by atoms with Crippen LogP contribution in [-0.2, 0) is 10.3 Å². The van der Waals surface area contributed by atoms with Crippen LogP contribution in [0.25, 0.3) is 0 Å². The number of likely N-dealkylation sites (tertiary alicyclic amines) is 1. The molecule has 2 N–H and O–H groups in total. The van der Waals surface area contributed by atoms with E-state index in [2.05, 4.69) is 10.3 Å². The molecule has 1 aromatic rings. The number of hydrogen-bond donors (Lipinski definition) is 2. The molecule has 0 aliphatic carbocycles. The summed E-state index contributed by atoms with van der Waals surface area (Å²) in [6.07, 6.45) is 1.95. The molecule has 2 amide bonds. The molecule has 0 aromatic carbocycles. The smallest absolute Gasteiger partial charge is 0.410 e. The summed E-state index contributed by atoms with van der Waals surface area (Å²) in [5, 5.41) is 13.3. The molecule has 24 heavy (non-hydrogen) atoms. The number of nitrogens with one attached hydrogen (secondary N) is 1. The maximum atomic E-state index is 12.1. The Kier molecular flexibility index (Phi) is 5.13. The molecule has 132 valence electrons. The van der Waals surface area contributed by atoms with Gasteiger partial charge in [-0.15, -0.1) is 0 Å². The number of ether oxygens (including phenoxy) is 1. The lowest BCUT2D eigenvalue weighted by Crippen LogP contribution is -2.46. The van der Waals surface area contributed by atoms with E-state index in [1.807, 2.05) is 20.8 Å². The molecule has 0 radical (unpaired) electrons. The molecule has 0 saturated carbocycles. The van der Waals surface area contributed by atoms with E-state index < -0.39 is 11.2 Å². The van der Waals surface area contributed by atoms with Crippen molar-refractivity contribution in [2.75, 3.05) is 20.1 Å². The van der Waals surface area contributed by atoms with Crippen LogP contribution >= 0.6 is 0 Å². The van der Waals surface area contributed by atoms with E-state index in [9.17, 15) is 14.7 Å². The van der Waals surface area contributed by atoms with E-state index in [-0.39, 0.29) is 12.0 Å². The van der Waals surface area contributed by atoms with Crippen molar-refractivity contribution in [3.63, 3.8) is 0 Å². The molecular formula is C17H25N3O4. The first kappa shape index (κ1) is 18.2. The number of carbonyl (C=O) groups is 2. The third kappa shape index (κ3) is 4.23. The fraction of sp³-hybridized carbons (Fsp3) is 0.588. The molecule has 7 nitrogen and oxygen atoms in total. The van der Waals surface area contributed by atoms with E-state index in [1.54, 1.807) is 17.0 Å². The van der Waals surface area contributed by atoms with Crippen molar-refractivity contribution in [3.05, 3.63) is 29.6 Å². The quantitative estimate of drug-likeness (QED) is 0.857. The molecule has 1 saturated heterocycles. The molecule has 0 unspecified atom stereocenters. The summed E-state index contributed by atoms with van der Waals surface area (Å²) < 4.78 is 5.35. The van der Waals surface area contributed by atoms with E-state index in [4.69, 9.17) is 4.74 Å². The topological polar surface area (TPSA) is 91.8 Å². The lowest BCUT2D eigenvalue weighted by atomic mass is 9.85. The number of hydrogen-bond acceptors (Lipinski definition) is 5. The first-order chi connectivity index (χ1) is 11.1. The van der Waals surface area contributed by atoms with Crippen molar-refractivity contribution in [2.24, 2.45) is 0 Å². The molecule has 7 heteroatoms. The highest BCUT2D eigenvalue weighted by Crippen LogP contribution is 2.33. The fourth-order valence-electron chi connectivity index (χ4n) is 2.61. The lowest BCUT2D eigenvalue weighted by molar-refractivity contribution is -0.0358. The SMILES string of the molecule is CNC(=O)c1ccc(C2(O)CCN(C(=O)OC(C)(C)C)CC2)cn1. The summed E-state index contributed by atoms with van der Waals surface area (Å²) in [5.41, 5.74) is -0.632. The van der Waals surface area contributed by atoms with Gasteiger partial charge in [-0.3, -0.25) is 9.78 Å². The number of rotatable bonds is 2. The molecular weight excluding hydrogens is 310 g/mol. The maximum Gasteiger partial charge on any atom is 0.410 e. The average Bonchev–Trinajstić information content (AvgIpc) is 2.53. The van der Waals surface area contributed by atoms with Crippen molar-refractivity contribution in [3.8, 4) is 0 Å². The number of amides is 2. The van der Waals surface area contributed by atoms with Crippen LogP contribution in [0.15, 0.2) is 18.3 Å². The van der Waals surface area contributed by atoms with Gasteiger partial charge in [0.15, 0.2) is 0 Å². The van der Waals surface area contributed by atoms with E-state index in [0.29, 0.717) is 37.2 Å². The number of nitrogens with zero attached hydrogens (tertiary/aromatic N) is 2. The molecule has 0 bridgehead atoms. The van der Waals surface area contributed by atoms with Crippen LogP contribution in [0.3, 0.4) is 0 Å². The largest absolute Gasteiger partial charge is 0.444 e. The molecule has 0 spiro atoms. The minimum Gasteiger partial charge on any atom is -0.444 e. The van der Waals surface area contributed by atoms with E-state index in [0.717, 1.165) is 0 Å². The second-order valence-corrected chi connectivity index (χ2v) is 7.01. The first-order valence-electron chi connectivity index (χ1n) is 8.03. The second-order valence-electron chi connectivity index (χ2n) is 7.01. The average molecular weight is 335 g/mol. The summed E-state index contributed by atoms with van der Waals surface area (Å²) in [6.45, 7) is 6.28. The second kappa shape index (κ2) is 6.76. The highest BCUT2D eigenvalue weighted by molar-refractivity contribution is 5.91. The summed E-state index contributed by atoms with van der Waals surface area (Å²) in [4.78, 5) is 29.3. The van der Waals surface area contributed by atoms with Gasteiger partial charge in [-0.25, -0.2) is 4.79 Å². The zero-order valence-corrected chi connectivity index (χ0v) is 14.6. The Morgan fingerprint density at radius 3 is 2.38 bits per heavy atom. The predicted octanol–water partition coefficient (Wildman–Crippen LogP) is 1.66. The number of pyridine rings is 1. The fourth-order valence-corrected chi connectivity index (χ4v) is 2.61. The van der Waals surface area contributed by atoms with Gasteiger partial charge in [0.2, 0.25) is 0 Å². The van der Waals surface area contributed by atoms with Crippen molar-refractivity contribution >= 4 is 12.0 Å². The highest BCUT2D eigenvalue weighted by Gasteiger charge is 2.37. The third-order valence-electron chi connectivity index (χ3n) is 4.00. The molecule has 1 aliphatic heterocycles. The van der Waals surface area contributed by atoms with Crippen LogP contribution < -0.4 is 5.32 Å². The minimum atomic E-state index is -1.05. The minimum absolute atomic E-state index is 0.270. The van der Waals surface area contributed by atoms with Crippen molar-refractivity contribution in [1.29, 1.82) is 0 Å². The van der Waals surface area contributed by atoms with Crippen LogP contribution in [0.1, 0.15) is 49.7 Å². The predicted molar refractivity (Wildman–Crippen MR) is 88.6 cm³/mol. The van der Waals surface area contributed by atoms with Crippen LogP contribution in [0.4, 0.5) is 4.79 Å². The standard InChI is InChI=1S/C17H25N3O4/c1-16(2,3)24-15(22)20-9-7-17(23,8-10-20)12-5-6-13(19-11-12)14(21)18-4/h5-6,11,23H,7-10H2,1-4H3,(H,18,21). The van der Waals surface area contributed by atoms with Crippen LogP contribution in [0, 0.1) is 0 Å². The Bertz CT molecular complexity index is 599. The van der Waals surface area contributed by atoms with Gasteiger partial charge >= 0.3 is 6.09 Å². The highest BCUT2D eigenvalue weighted by atomic mass is 16.6. The molecule has 1 fully saturated rings. The Balaban J connectivity index is 2.01. The van der Waals surface area contributed by atoms with Crippen LogP contribution in [-0.4, -0.2) is 52.7 Å². The third-order valence-corrected chi connectivity index (χ3v) is 4.00. The zero-order chi connectivity index (χ0) is 18.0. The normalized spacial score (nSPS) is 17.3. The molecule has 1 aliphatic rings. The number of carbonyl (C=O) groups excluding carboxylic acids is 2. The van der Waals surface area contributed by atoms with Gasteiger partial charge in [0.1, 0.15) is 11.3 Å². The molecule has 2 rings (SSSR count). The summed E-state index contributed by atoms with van der Waals surface area (Å²) >= 11 is 0. The Morgan fingerprint density at radius 2 is 1.92 bits per heavy atom. The number of piperidine rings is 1. The number of aromatic nitrogens is 1. The summed E-state index contributed by atoms with van der Waals surface area (Å²) in [7, 11) is 1.54. The van der Waals surface area contributed by atoms with E-state index >= 15 is 0 Å². The zero-order valence-electron chi connectivity index (χ0n) is 14.6. The van der Waals surface area contributed by atoms with Crippen molar-refractivity contribution in [2.45, 2.75) is 44.8 Å². The van der Waals surface area contributed by atoms with Gasteiger partial charge < -0.3 is 20.1 Å². The Morgan fingerprint density at radius 1 is 1.29 bits per heavy atom. The van der Waals surface area contributed by atoms with Crippen molar-refractivity contribution < 1.29 is 19.4 Å². The first-order valence-corrected chi connectivity index (χ1v) is 8.03. The van der Waals surface area contributed by atoms with Gasteiger partial charge in [-0.1, -0.05) is 6.07 Å². The van der Waals surface area contributed by atoms with Gasteiger partial charge in [-0.2, -0.15) is 0 Å². The molecule has 0 atom stereocenters. The van der Waals surface area contributed by atoms with Crippen molar-refractivity contribution in [1.82, 2.24) is 15.2 Å². The Hall–Kier alpha value is -2.15. The van der Waals surface area contributed by atoms with Gasteiger partial charge in [0.25, 0.3) is 5.91 Å². The van der Waals surface area contributed by atoms with Crippen LogP contribution in [0.2, 0.25) is 0 Å². The van der Waals surface area contributed by atoms with E-state index in [1.165, 1.54) is 13.2 Å². The van der Waals surface area contributed by atoms with Gasteiger partial charge in [-0.05, 0) is 39.7 Å².